The van der Waals surface area contributed by atoms with Crippen molar-refractivity contribution in [1.29, 1.82) is 0 Å². The van der Waals surface area contributed by atoms with Crippen molar-refractivity contribution in [1.82, 2.24) is 34.8 Å². The van der Waals surface area contributed by atoms with E-state index in [0.29, 0.717) is 18.3 Å². The summed E-state index contributed by atoms with van der Waals surface area (Å²) in [6, 6.07) is 0.558. The lowest BCUT2D eigenvalue weighted by Gasteiger charge is -2.23. The molecule has 0 spiro atoms. The minimum Gasteiger partial charge on any atom is -0.333 e. The molecule has 0 aliphatic carbocycles. The Morgan fingerprint density at radius 1 is 1.28 bits per heavy atom. The molecule has 2 aliphatic heterocycles. The topological polar surface area (TPSA) is 80.9 Å². The summed E-state index contributed by atoms with van der Waals surface area (Å²) >= 11 is 0. The predicted octanol–water partition coefficient (Wildman–Crippen LogP) is 1.05. The van der Waals surface area contributed by atoms with E-state index in [0.717, 1.165) is 44.7 Å². The van der Waals surface area contributed by atoms with E-state index in [1.54, 1.807) is 10.9 Å². The standard InChI is InChI=1S/C17H25N7O/c25-17(22-7-3-8-23-13-18-10-15(23)11-22)16-12-24(21-20-16)9-5-14-4-1-2-6-19-14/h10,12-14,19H,1-9,11H2/t14-/m0/s1. The zero-order chi connectivity index (χ0) is 17.1. The normalized spacial score (nSPS) is 21.0. The first-order valence-electron chi connectivity index (χ1n) is 9.21. The van der Waals surface area contributed by atoms with Crippen LogP contribution in [0.25, 0.3) is 0 Å². The van der Waals surface area contributed by atoms with Gasteiger partial charge in [-0.3, -0.25) is 9.48 Å². The summed E-state index contributed by atoms with van der Waals surface area (Å²) in [5.74, 6) is -0.0447. The Balaban J connectivity index is 1.37. The summed E-state index contributed by atoms with van der Waals surface area (Å²) < 4.78 is 3.91. The molecule has 1 saturated heterocycles. The molecule has 1 atom stereocenters. The van der Waals surface area contributed by atoms with Crippen molar-refractivity contribution in [3.63, 3.8) is 0 Å². The van der Waals surface area contributed by atoms with Crippen molar-refractivity contribution >= 4 is 5.91 Å². The van der Waals surface area contributed by atoms with Gasteiger partial charge in [0.25, 0.3) is 5.91 Å². The van der Waals surface area contributed by atoms with Gasteiger partial charge in [0.15, 0.2) is 5.69 Å². The largest absolute Gasteiger partial charge is 0.333 e. The number of hydrogen-bond donors (Lipinski definition) is 1. The SMILES string of the molecule is O=C(c1cn(CC[C@@H]2CCCCN2)nn1)N1CCCn2cncc2C1. The van der Waals surface area contributed by atoms with Gasteiger partial charge in [-0.1, -0.05) is 11.6 Å². The maximum atomic E-state index is 12.8. The van der Waals surface area contributed by atoms with Crippen LogP contribution in [0.15, 0.2) is 18.7 Å². The van der Waals surface area contributed by atoms with Gasteiger partial charge in [-0.2, -0.15) is 0 Å². The molecule has 0 bridgehead atoms. The molecular formula is C17H25N7O. The highest BCUT2D eigenvalue weighted by Gasteiger charge is 2.23. The fourth-order valence-corrected chi connectivity index (χ4v) is 3.69. The van der Waals surface area contributed by atoms with E-state index in [1.807, 2.05) is 17.4 Å². The Hall–Kier alpha value is -2.22. The minimum atomic E-state index is -0.0447. The van der Waals surface area contributed by atoms with Gasteiger partial charge in [0, 0.05) is 31.9 Å². The molecule has 8 nitrogen and oxygen atoms in total. The third kappa shape index (κ3) is 3.73. The summed E-state index contributed by atoms with van der Waals surface area (Å²) in [7, 11) is 0. The number of amides is 1. The first kappa shape index (κ1) is 16.3. The van der Waals surface area contributed by atoms with Crippen LogP contribution in [0.4, 0.5) is 0 Å². The van der Waals surface area contributed by atoms with Crippen LogP contribution in [0.5, 0.6) is 0 Å². The quantitative estimate of drug-likeness (QED) is 0.897. The molecule has 2 aliphatic rings. The van der Waals surface area contributed by atoms with Gasteiger partial charge in [-0.25, -0.2) is 4.98 Å². The molecule has 4 rings (SSSR count). The average molecular weight is 343 g/mol. The zero-order valence-corrected chi connectivity index (χ0v) is 14.5. The molecule has 2 aromatic rings. The van der Waals surface area contributed by atoms with E-state index in [1.165, 1.54) is 19.3 Å². The van der Waals surface area contributed by atoms with Gasteiger partial charge in [0.1, 0.15) is 0 Å². The van der Waals surface area contributed by atoms with E-state index >= 15 is 0 Å². The number of rotatable bonds is 4. The van der Waals surface area contributed by atoms with E-state index < -0.39 is 0 Å². The number of carbonyl (C=O) groups excluding carboxylic acids is 1. The summed E-state index contributed by atoms with van der Waals surface area (Å²) in [6.07, 6.45) is 11.2. The van der Waals surface area contributed by atoms with Gasteiger partial charge in [0.05, 0.1) is 24.8 Å². The van der Waals surface area contributed by atoms with Crippen LogP contribution in [0.3, 0.4) is 0 Å². The van der Waals surface area contributed by atoms with Gasteiger partial charge < -0.3 is 14.8 Å². The summed E-state index contributed by atoms with van der Waals surface area (Å²) in [5, 5.41) is 11.8. The number of nitrogens with zero attached hydrogens (tertiary/aromatic N) is 6. The van der Waals surface area contributed by atoms with E-state index in [9.17, 15) is 4.79 Å². The number of imidazole rings is 1. The summed E-state index contributed by atoms with van der Waals surface area (Å²) in [4.78, 5) is 18.8. The Bertz CT molecular complexity index is 716. The number of piperidine rings is 1. The maximum absolute atomic E-state index is 12.8. The summed E-state index contributed by atoms with van der Waals surface area (Å²) in [5.41, 5.74) is 1.51. The number of fused-ring (bicyclic) bond motifs is 1. The Morgan fingerprint density at radius 2 is 2.24 bits per heavy atom. The number of aryl methyl sites for hydroxylation is 2. The van der Waals surface area contributed by atoms with E-state index in [2.05, 4.69) is 25.2 Å². The molecule has 0 radical (unpaired) electrons. The highest BCUT2D eigenvalue weighted by molar-refractivity contribution is 5.91. The fourth-order valence-electron chi connectivity index (χ4n) is 3.69. The second kappa shape index (κ2) is 7.35. The van der Waals surface area contributed by atoms with Crippen molar-refractivity contribution in [2.75, 3.05) is 13.1 Å². The lowest BCUT2D eigenvalue weighted by molar-refractivity contribution is 0.0739. The predicted molar refractivity (Wildman–Crippen MR) is 91.9 cm³/mol. The Kier molecular flexibility index (Phi) is 4.78. The second-order valence-electron chi connectivity index (χ2n) is 6.96. The monoisotopic (exact) mass is 343 g/mol. The minimum absolute atomic E-state index is 0.0447. The van der Waals surface area contributed by atoms with Crippen molar-refractivity contribution < 1.29 is 4.79 Å². The Morgan fingerprint density at radius 3 is 3.12 bits per heavy atom. The van der Waals surface area contributed by atoms with Crippen LogP contribution < -0.4 is 5.32 Å². The number of carbonyl (C=O) groups is 1. The molecule has 1 N–H and O–H groups in total. The third-order valence-electron chi connectivity index (χ3n) is 5.14. The van der Waals surface area contributed by atoms with Crippen molar-refractivity contribution in [3.8, 4) is 0 Å². The van der Waals surface area contributed by atoms with Crippen molar-refractivity contribution in [2.45, 2.75) is 57.8 Å². The lowest BCUT2D eigenvalue weighted by atomic mass is 10.0. The van der Waals surface area contributed by atoms with Crippen molar-refractivity contribution in [3.05, 3.63) is 30.1 Å². The molecule has 0 aromatic carbocycles. The second-order valence-corrected chi connectivity index (χ2v) is 6.96. The van der Waals surface area contributed by atoms with Gasteiger partial charge in [-0.05, 0) is 32.2 Å². The van der Waals surface area contributed by atoms with E-state index in [4.69, 9.17) is 0 Å². The number of hydrogen-bond acceptors (Lipinski definition) is 5. The molecule has 1 amide bonds. The molecule has 0 unspecified atom stereocenters. The molecule has 0 saturated carbocycles. The molecule has 25 heavy (non-hydrogen) atoms. The van der Waals surface area contributed by atoms with Crippen LogP contribution >= 0.6 is 0 Å². The third-order valence-corrected chi connectivity index (χ3v) is 5.14. The van der Waals surface area contributed by atoms with Crippen LogP contribution in [0, 0.1) is 0 Å². The highest BCUT2D eigenvalue weighted by atomic mass is 16.2. The number of aromatic nitrogens is 5. The molecule has 4 heterocycles. The molecule has 2 aromatic heterocycles. The van der Waals surface area contributed by atoms with Crippen LogP contribution in [0.2, 0.25) is 0 Å². The fraction of sp³-hybridized carbons (Fsp3) is 0.647. The smallest absolute Gasteiger partial charge is 0.276 e. The molecule has 134 valence electrons. The molecular weight excluding hydrogens is 318 g/mol. The Labute approximate surface area is 147 Å². The van der Waals surface area contributed by atoms with E-state index in [-0.39, 0.29) is 5.91 Å². The van der Waals surface area contributed by atoms with Crippen LogP contribution in [-0.4, -0.2) is 54.5 Å². The molecule has 8 heteroatoms. The van der Waals surface area contributed by atoms with Gasteiger partial charge in [0.2, 0.25) is 0 Å². The first-order chi connectivity index (χ1) is 12.3. The van der Waals surface area contributed by atoms with Crippen LogP contribution in [0.1, 0.15) is 48.3 Å². The first-order valence-corrected chi connectivity index (χ1v) is 9.21. The van der Waals surface area contributed by atoms with Crippen LogP contribution in [-0.2, 0) is 19.6 Å². The lowest BCUT2D eigenvalue weighted by Crippen LogP contribution is -2.34. The molecule has 1 fully saturated rings. The van der Waals surface area contributed by atoms with Gasteiger partial charge >= 0.3 is 0 Å². The number of nitrogens with one attached hydrogen (secondary N) is 1. The maximum Gasteiger partial charge on any atom is 0.276 e. The van der Waals surface area contributed by atoms with Gasteiger partial charge in [-0.15, -0.1) is 5.10 Å². The highest BCUT2D eigenvalue weighted by Crippen LogP contribution is 2.14. The summed E-state index contributed by atoms with van der Waals surface area (Å²) in [6.45, 7) is 4.12. The average Bonchev–Trinajstić information content (AvgIpc) is 3.25. The van der Waals surface area contributed by atoms with Crippen molar-refractivity contribution in [2.24, 2.45) is 0 Å². The zero-order valence-electron chi connectivity index (χ0n) is 14.5.